The zero-order chi connectivity index (χ0) is 9.14. The van der Waals surface area contributed by atoms with Crippen molar-refractivity contribution in [3.05, 3.63) is 28.5 Å². The lowest BCUT2D eigenvalue weighted by molar-refractivity contribution is 0.141. The molecule has 1 N–H and O–H groups in total. The third kappa shape index (κ3) is 1.93. The Labute approximate surface area is 75.0 Å². The second-order valence-electron chi connectivity index (χ2n) is 2.50. The molecule has 4 heteroatoms. The van der Waals surface area contributed by atoms with E-state index in [1.54, 1.807) is 19.1 Å². The molecule has 0 aromatic carbocycles. The van der Waals surface area contributed by atoms with E-state index in [4.69, 9.17) is 16.7 Å². The molecular weight excluding hydrogens is 181 g/mol. The van der Waals surface area contributed by atoms with Crippen molar-refractivity contribution in [3.63, 3.8) is 0 Å². The maximum absolute atomic E-state index is 12.0. The van der Waals surface area contributed by atoms with E-state index in [1.165, 1.54) is 0 Å². The number of aryl methyl sites for hydroxylation is 1. The Morgan fingerprint density at radius 2 is 2.33 bits per heavy atom. The zero-order valence-corrected chi connectivity index (χ0v) is 7.35. The van der Waals surface area contributed by atoms with Gasteiger partial charge in [-0.05, 0) is 13.0 Å². The standard InChI is InChI=1S/C8H9ClFNO/c1-5-2-3-6(7(12)4-10)8(9)11-5/h2-3,7,12H,4H2,1H3. The number of pyridine rings is 1. The smallest absolute Gasteiger partial charge is 0.135 e. The van der Waals surface area contributed by atoms with E-state index in [2.05, 4.69) is 4.98 Å². The van der Waals surface area contributed by atoms with Gasteiger partial charge in [-0.15, -0.1) is 0 Å². The summed E-state index contributed by atoms with van der Waals surface area (Å²) in [5.74, 6) is 0. The molecule has 0 spiro atoms. The molecule has 0 aliphatic carbocycles. The number of rotatable bonds is 2. The number of alkyl halides is 1. The summed E-state index contributed by atoms with van der Waals surface area (Å²) >= 11 is 5.67. The van der Waals surface area contributed by atoms with Gasteiger partial charge in [-0.1, -0.05) is 17.7 Å². The molecule has 2 nitrogen and oxygen atoms in total. The molecular formula is C8H9ClFNO. The average molecular weight is 190 g/mol. The highest BCUT2D eigenvalue weighted by Crippen LogP contribution is 2.21. The van der Waals surface area contributed by atoms with Gasteiger partial charge in [0.2, 0.25) is 0 Å². The third-order valence-corrected chi connectivity index (χ3v) is 1.82. The minimum Gasteiger partial charge on any atom is -0.386 e. The van der Waals surface area contributed by atoms with Gasteiger partial charge in [-0.3, -0.25) is 0 Å². The van der Waals surface area contributed by atoms with Gasteiger partial charge in [-0.2, -0.15) is 0 Å². The van der Waals surface area contributed by atoms with Crippen LogP contribution in [-0.4, -0.2) is 16.8 Å². The first-order valence-electron chi connectivity index (χ1n) is 3.52. The lowest BCUT2D eigenvalue weighted by atomic mass is 10.2. The van der Waals surface area contributed by atoms with Crippen LogP contribution in [0.2, 0.25) is 5.15 Å². The second kappa shape index (κ2) is 3.83. The van der Waals surface area contributed by atoms with E-state index < -0.39 is 12.8 Å². The Kier molecular flexibility index (Phi) is 3.00. The third-order valence-electron chi connectivity index (χ3n) is 1.52. The molecule has 0 radical (unpaired) electrons. The molecule has 0 bridgehead atoms. The van der Waals surface area contributed by atoms with E-state index in [-0.39, 0.29) is 5.15 Å². The van der Waals surface area contributed by atoms with Crippen LogP contribution in [0.15, 0.2) is 12.1 Å². The number of aromatic nitrogens is 1. The number of hydrogen-bond donors (Lipinski definition) is 1. The van der Waals surface area contributed by atoms with E-state index in [0.29, 0.717) is 5.56 Å². The highest BCUT2D eigenvalue weighted by molar-refractivity contribution is 6.30. The predicted octanol–water partition coefficient (Wildman–Crippen LogP) is 2.05. The number of aliphatic hydroxyl groups excluding tert-OH is 1. The molecule has 1 heterocycles. The molecule has 1 aromatic rings. The van der Waals surface area contributed by atoms with Crippen LogP contribution in [0.1, 0.15) is 17.4 Å². The van der Waals surface area contributed by atoms with Crippen LogP contribution in [0.5, 0.6) is 0 Å². The summed E-state index contributed by atoms with van der Waals surface area (Å²) in [5, 5.41) is 9.27. The molecule has 1 atom stereocenters. The van der Waals surface area contributed by atoms with E-state index >= 15 is 0 Å². The van der Waals surface area contributed by atoms with Gasteiger partial charge in [0.25, 0.3) is 0 Å². The fourth-order valence-electron chi connectivity index (χ4n) is 0.867. The molecule has 1 unspecified atom stereocenters. The van der Waals surface area contributed by atoms with Crippen LogP contribution >= 0.6 is 11.6 Å². The summed E-state index contributed by atoms with van der Waals surface area (Å²) in [6, 6.07) is 3.26. The van der Waals surface area contributed by atoms with Crippen LogP contribution < -0.4 is 0 Å². The van der Waals surface area contributed by atoms with Gasteiger partial charge in [0, 0.05) is 11.3 Å². The summed E-state index contributed by atoms with van der Waals surface area (Å²) in [6.07, 6.45) is -1.16. The van der Waals surface area contributed by atoms with Gasteiger partial charge in [0.1, 0.15) is 17.9 Å². The quantitative estimate of drug-likeness (QED) is 0.723. The lowest BCUT2D eigenvalue weighted by Gasteiger charge is -2.07. The highest BCUT2D eigenvalue weighted by atomic mass is 35.5. The Balaban J connectivity index is 3.01. The fourth-order valence-corrected chi connectivity index (χ4v) is 1.19. The minimum atomic E-state index is -1.16. The van der Waals surface area contributed by atoms with E-state index in [9.17, 15) is 4.39 Å². The largest absolute Gasteiger partial charge is 0.386 e. The first-order chi connectivity index (χ1) is 5.65. The van der Waals surface area contributed by atoms with Crippen molar-refractivity contribution in [3.8, 4) is 0 Å². The van der Waals surface area contributed by atoms with Gasteiger partial charge in [-0.25, -0.2) is 9.37 Å². The van der Waals surface area contributed by atoms with Crippen LogP contribution in [0.4, 0.5) is 4.39 Å². The summed E-state index contributed by atoms with van der Waals surface area (Å²) in [6.45, 7) is 0.932. The fraction of sp³-hybridized carbons (Fsp3) is 0.375. The summed E-state index contributed by atoms with van der Waals surface area (Å²) in [5.41, 5.74) is 1.08. The van der Waals surface area contributed by atoms with E-state index in [1.807, 2.05) is 0 Å². The monoisotopic (exact) mass is 189 g/mol. The number of aliphatic hydroxyl groups is 1. The Bertz CT molecular complexity index is 280. The Hall–Kier alpha value is -0.670. The van der Waals surface area contributed by atoms with Gasteiger partial charge >= 0.3 is 0 Å². The summed E-state index contributed by atoms with van der Waals surface area (Å²) in [4.78, 5) is 3.88. The molecule has 0 aliphatic rings. The molecule has 12 heavy (non-hydrogen) atoms. The molecule has 0 saturated carbocycles. The van der Waals surface area contributed by atoms with Crippen LogP contribution in [0, 0.1) is 6.92 Å². The minimum absolute atomic E-state index is 0.167. The van der Waals surface area contributed by atoms with Crippen molar-refractivity contribution in [2.75, 3.05) is 6.67 Å². The predicted molar refractivity (Wildman–Crippen MR) is 44.9 cm³/mol. The molecule has 0 fully saturated rings. The molecule has 0 aliphatic heterocycles. The maximum Gasteiger partial charge on any atom is 0.135 e. The second-order valence-corrected chi connectivity index (χ2v) is 2.86. The Morgan fingerprint density at radius 1 is 1.67 bits per heavy atom. The SMILES string of the molecule is Cc1ccc(C(O)CF)c(Cl)n1. The topological polar surface area (TPSA) is 33.1 Å². The Morgan fingerprint density at radius 3 is 2.83 bits per heavy atom. The summed E-state index contributed by atoms with van der Waals surface area (Å²) in [7, 11) is 0. The first-order valence-corrected chi connectivity index (χ1v) is 3.90. The van der Waals surface area contributed by atoms with Crippen LogP contribution in [0.25, 0.3) is 0 Å². The molecule has 0 saturated heterocycles. The van der Waals surface area contributed by atoms with Crippen molar-refractivity contribution < 1.29 is 9.50 Å². The number of hydrogen-bond acceptors (Lipinski definition) is 2. The zero-order valence-electron chi connectivity index (χ0n) is 6.59. The maximum atomic E-state index is 12.0. The van der Waals surface area contributed by atoms with Crippen molar-refractivity contribution in [2.45, 2.75) is 13.0 Å². The molecule has 1 rings (SSSR count). The number of halogens is 2. The van der Waals surface area contributed by atoms with Gasteiger partial charge in [0.05, 0.1) is 0 Å². The molecule has 66 valence electrons. The van der Waals surface area contributed by atoms with Gasteiger partial charge < -0.3 is 5.11 Å². The van der Waals surface area contributed by atoms with E-state index in [0.717, 1.165) is 5.69 Å². The molecule has 0 amide bonds. The first kappa shape index (κ1) is 9.42. The summed E-state index contributed by atoms with van der Waals surface area (Å²) < 4.78 is 12.0. The van der Waals surface area contributed by atoms with Crippen molar-refractivity contribution in [2.24, 2.45) is 0 Å². The van der Waals surface area contributed by atoms with Crippen molar-refractivity contribution in [1.29, 1.82) is 0 Å². The van der Waals surface area contributed by atoms with Crippen molar-refractivity contribution in [1.82, 2.24) is 4.98 Å². The normalized spacial score (nSPS) is 13.0. The van der Waals surface area contributed by atoms with Gasteiger partial charge in [0.15, 0.2) is 0 Å². The molecule has 1 aromatic heterocycles. The average Bonchev–Trinajstić information content (AvgIpc) is 2.03. The van der Waals surface area contributed by atoms with Crippen LogP contribution in [0.3, 0.4) is 0 Å². The van der Waals surface area contributed by atoms with Crippen molar-refractivity contribution >= 4 is 11.6 Å². The van der Waals surface area contributed by atoms with Crippen LogP contribution in [-0.2, 0) is 0 Å². The number of nitrogens with zero attached hydrogens (tertiary/aromatic N) is 1. The lowest BCUT2D eigenvalue weighted by Crippen LogP contribution is -2.01. The highest BCUT2D eigenvalue weighted by Gasteiger charge is 2.11.